The molecule has 13 heteroatoms. The predicted octanol–water partition coefficient (Wildman–Crippen LogP) is 4.53. The molecule has 9 nitrogen and oxygen atoms in total. The van der Waals surface area contributed by atoms with Crippen LogP contribution in [0.4, 0.5) is 13.2 Å². The molecule has 0 atom stereocenters. The molecule has 0 saturated heterocycles. The van der Waals surface area contributed by atoms with Crippen LogP contribution >= 0.6 is 11.6 Å². The second-order valence-corrected chi connectivity index (χ2v) is 8.11. The first kappa shape index (κ1) is 24.0. The molecule has 0 spiro atoms. The Morgan fingerprint density at radius 2 is 1.92 bits per heavy atom. The number of halogens is 4. The average molecular weight is 548 g/mol. The molecule has 0 aromatic carbocycles. The number of carbonyl (C=O) groups excluding carboxylic acids is 1. The summed E-state index contributed by atoms with van der Waals surface area (Å²) < 4.78 is 70.5. The molecule has 38 heavy (non-hydrogen) atoms. The largest absolute Gasteiger partial charge is 0.485 e. The third kappa shape index (κ3) is 5.21. The summed E-state index contributed by atoms with van der Waals surface area (Å²) in [6.07, 6.45) is 3.11. The van der Waals surface area contributed by atoms with Gasteiger partial charge in [-0.1, -0.05) is 11.6 Å². The van der Waals surface area contributed by atoms with E-state index in [0.29, 0.717) is 12.3 Å². The fourth-order valence-corrected chi connectivity index (χ4v) is 3.61. The molecule has 0 N–H and O–H groups in total. The highest BCUT2D eigenvalue weighted by atomic mass is 35.5. The Hall–Kier alpha value is -4.32. The van der Waals surface area contributed by atoms with Crippen molar-refractivity contribution in [1.29, 1.82) is 0 Å². The van der Waals surface area contributed by atoms with Gasteiger partial charge in [-0.25, -0.2) is 27.9 Å². The number of hydrogen-bond donors (Lipinski definition) is 0. The number of aryl methyl sites for hydroxylation is 2. The topological polar surface area (TPSA) is 109 Å². The van der Waals surface area contributed by atoms with Crippen LogP contribution in [-0.2, 0) is 11.3 Å². The molecule has 4 aromatic heterocycles. The molecule has 4 heterocycles. The van der Waals surface area contributed by atoms with Crippen LogP contribution in [-0.4, -0.2) is 37.1 Å². The Labute approximate surface area is 221 Å². The van der Waals surface area contributed by atoms with Gasteiger partial charge in [0, 0.05) is 30.2 Å². The number of carbonyl (C=O) groups is 1. The Kier molecular flexibility index (Phi) is 6.94. The smallest absolute Gasteiger partial charge is 0.376 e. The summed E-state index contributed by atoms with van der Waals surface area (Å²) in [5.41, 5.74) is -2.19. The number of ether oxygens (including phenoxy) is 2. The molecule has 0 radical (unpaired) electrons. The molecule has 4 rings (SSSR count). The van der Waals surface area contributed by atoms with E-state index in [1.54, 1.807) is 6.92 Å². The molecular weight excluding hydrogens is 527 g/mol. The molecule has 0 aliphatic rings. The maximum absolute atomic E-state index is 15.9. The number of rotatable bonds is 7. The lowest BCUT2D eigenvalue weighted by atomic mass is 10.1. The minimum Gasteiger partial charge on any atom is -0.485 e. The Morgan fingerprint density at radius 3 is 2.63 bits per heavy atom. The maximum atomic E-state index is 15.9. The van der Waals surface area contributed by atoms with E-state index in [9.17, 15) is 18.4 Å². The van der Waals surface area contributed by atoms with Crippen molar-refractivity contribution in [1.82, 2.24) is 24.5 Å². The van der Waals surface area contributed by atoms with E-state index in [4.69, 9.17) is 23.8 Å². The number of esters is 1. The first-order chi connectivity index (χ1) is 18.9. The second kappa shape index (κ2) is 11.0. The van der Waals surface area contributed by atoms with Crippen LogP contribution in [0.15, 0.2) is 41.6 Å². The van der Waals surface area contributed by atoms with Gasteiger partial charge in [0.15, 0.2) is 11.6 Å². The minimum absolute atomic E-state index is 0.0572. The molecule has 0 fully saturated rings. The van der Waals surface area contributed by atoms with Gasteiger partial charge in [0.05, 0.1) is 26.9 Å². The van der Waals surface area contributed by atoms with Crippen molar-refractivity contribution in [3.63, 3.8) is 0 Å². The van der Waals surface area contributed by atoms with E-state index in [1.165, 1.54) is 32.3 Å². The summed E-state index contributed by atoms with van der Waals surface area (Å²) in [6, 6.07) is 2.89. The highest BCUT2D eigenvalue weighted by Crippen LogP contribution is 2.29. The Bertz CT molecular complexity index is 1700. The monoisotopic (exact) mass is 547 g/mol. The lowest BCUT2D eigenvalue weighted by Gasteiger charge is -2.17. The number of pyridine rings is 3. The minimum atomic E-state index is -2.96. The fraction of sp³-hybridized carbons (Fsp3) is 0.200. The summed E-state index contributed by atoms with van der Waals surface area (Å²) in [5, 5.41) is -0.652. The Morgan fingerprint density at radius 1 is 1.16 bits per heavy atom. The van der Waals surface area contributed by atoms with E-state index in [0.717, 1.165) is 10.6 Å². The third-order valence-electron chi connectivity index (χ3n) is 5.12. The van der Waals surface area contributed by atoms with Crippen LogP contribution in [0.2, 0.25) is 5.02 Å². The molecule has 0 aliphatic heterocycles. The molecule has 0 bridgehead atoms. The van der Waals surface area contributed by atoms with Crippen LogP contribution in [0.5, 0.6) is 5.75 Å². The summed E-state index contributed by atoms with van der Waals surface area (Å²) in [5.74, 6) is -4.94. The van der Waals surface area contributed by atoms with Crippen molar-refractivity contribution in [2.24, 2.45) is 0 Å². The van der Waals surface area contributed by atoms with Gasteiger partial charge in [0.1, 0.15) is 34.5 Å². The highest BCUT2D eigenvalue weighted by Gasteiger charge is 2.23. The van der Waals surface area contributed by atoms with Crippen molar-refractivity contribution >= 4 is 17.6 Å². The molecular formula is C25H19ClF3N5O4. The summed E-state index contributed by atoms with van der Waals surface area (Å²) in [4.78, 5) is 40.7. The van der Waals surface area contributed by atoms with Crippen molar-refractivity contribution in [2.75, 3.05) is 6.61 Å². The van der Waals surface area contributed by atoms with Gasteiger partial charge >= 0.3 is 5.97 Å². The number of hydrogen-bond acceptors (Lipinski definition) is 8. The van der Waals surface area contributed by atoms with Gasteiger partial charge in [0.25, 0.3) is 5.56 Å². The SMILES string of the molecule is [2H]C([2H])(Oc1cc(C)n(-c2c(C)cnc(-c3ccnc(C(=O)OCC)n3)c2F)c(=O)c1Cl)c1ncc(F)cc1F. The van der Waals surface area contributed by atoms with Crippen molar-refractivity contribution < 1.29 is 30.2 Å². The summed E-state index contributed by atoms with van der Waals surface area (Å²) in [7, 11) is 0. The van der Waals surface area contributed by atoms with Crippen LogP contribution in [0.25, 0.3) is 17.1 Å². The molecule has 0 saturated carbocycles. The van der Waals surface area contributed by atoms with Crippen LogP contribution in [0, 0.1) is 31.3 Å². The quantitative estimate of drug-likeness (QED) is 0.311. The third-order valence-corrected chi connectivity index (χ3v) is 5.47. The second-order valence-electron chi connectivity index (χ2n) is 7.73. The zero-order chi connectivity index (χ0) is 29.4. The van der Waals surface area contributed by atoms with E-state index in [2.05, 4.69) is 19.9 Å². The molecule has 0 aliphatic carbocycles. The standard InChI is InChI=1S/C25H19ClF3N5O4/c1-4-37-25(36)23-30-6-5-16(33-23)21-20(29)22(12(2)9-32-21)34-13(3)7-18(19(26)24(34)35)38-11-17-15(28)8-14(27)10-31-17/h5-10H,4,11H2,1-3H3/i11D2. The fourth-order valence-electron chi connectivity index (χ4n) is 3.43. The van der Waals surface area contributed by atoms with Crippen molar-refractivity contribution in [2.45, 2.75) is 27.3 Å². The average Bonchev–Trinajstić information content (AvgIpc) is 2.89. The number of nitrogens with zero attached hydrogens (tertiary/aromatic N) is 5. The summed E-state index contributed by atoms with van der Waals surface area (Å²) in [6.45, 7) is 1.61. The lowest BCUT2D eigenvalue weighted by molar-refractivity contribution is 0.0512. The zero-order valence-electron chi connectivity index (χ0n) is 22.1. The van der Waals surface area contributed by atoms with E-state index in [-0.39, 0.29) is 40.8 Å². The van der Waals surface area contributed by atoms with Gasteiger partial charge < -0.3 is 9.47 Å². The van der Waals surface area contributed by atoms with Crippen molar-refractivity contribution in [3.05, 3.63) is 92.4 Å². The van der Waals surface area contributed by atoms with Crippen molar-refractivity contribution in [3.8, 4) is 22.8 Å². The number of aromatic nitrogens is 5. The van der Waals surface area contributed by atoms with E-state index >= 15 is 4.39 Å². The van der Waals surface area contributed by atoms with Gasteiger partial charge in [-0.15, -0.1) is 0 Å². The van der Waals surface area contributed by atoms with Gasteiger partial charge in [-0.05, 0) is 32.4 Å². The van der Waals surface area contributed by atoms with Crippen LogP contribution < -0.4 is 10.3 Å². The molecule has 196 valence electrons. The lowest BCUT2D eigenvalue weighted by Crippen LogP contribution is -2.24. The van der Waals surface area contributed by atoms with Gasteiger partial charge in [-0.2, -0.15) is 0 Å². The first-order valence-corrected chi connectivity index (χ1v) is 11.3. The van der Waals surface area contributed by atoms with E-state index < -0.39 is 52.0 Å². The first-order valence-electron chi connectivity index (χ1n) is 11.9. The van der Waals surface area contributed by atoms with Gasteiger partial charge in [-0.3, -0.25) is 19.3 Å². The molecule has 0 unspecified atom stereocenters. The molecule has 0 amide bonds. The Balaban J connectivity index is 1.80. The maximum Gasteiger partial charge on any atom is 0.376 e. The zero-order valence-corrected chi connectivity index (χ0v) is 20.8. The normalized spacial score (nSPS) is 12.1. The summed E-state index contributed by atoms with van der Waals surface area (Å²) >= 11 is 6.22. The van der Waals surface area contributed by atoms with Gasteiger partial charge in [0.2, 0.25) is 5.82 Å². The van der Waals surface area contributed by atoms with Crippen LogP contribution in [0.3, 0.4) is 0 Å². The van der Waals surface area contributed by atoms with Crippen LogP contribution in [0.1, 0.15) is 37.2 Å². The predicted molar refractivity (Wildman–Crippen MR) is 130 cm³/mol. The van der Waals surface area contributed by atoms with E-state index in [1.807, 2.05) is 0 Å². The highest BCUT2D eigenvalue weighted by molar-refractivity contribution is 6.31. The molecule has 4 aromatic rings.